The molecule has 0 radical (unpaired) electrons. The van der Waals surface area contributed by atoms with Crippen LogP contribution in [0.1, 0.15) is 37.0 Å². The van der Waals surface area contributed by atoms with Crippen molar-refractivity contribution in [3.8, 4) is 5.75 Å². The van der Waals surface area contributed by atoms with Crippen molar-refractivity contribution in [1.29, 1.82) is 0 Å². The SMILES string of the molecule is CC(C)C[C@H](NCc1ccc(OCc2ccc(C(F)(F)F)cc2)cc1)C(N)=O. The first-order valence-electron chi connectivity index (χ1n) is 9.05. The third-order valence-electron chi connectivity index (χ3n) is 4.21. The van der Waals surface area contributed by atoms with Crippen LogP contribution in [0, 0.1) is 5.92 Å². The highest BCUT2D eigenvalue weighted by Gasteiger charge is 2.29. The van der Waals surface area contributed by atoms with E-state index in [0.29, 0.717) is 30.2 Å². The summed E-state index contributed by atoms with van der Waals surface area (Å²) in [5.74, 6) is 0.591. The molecule has 2 aromatic rings. The fraction of sp³-hybridized carbons (Fsp3) is 0.381. The van der Waals surface area contributed by atoms with Crippen LogP contribution in [0.3, 0.4) is 0 Å². The number of nitrogens with two attached hydrogens (primary N) is 1. The molecule has 152 valence electrons. The van der Waals surface area contributed by atoms with Crippen LogP contribution in [0.4, 0.5) is 13.2 Å². The maximum Gasteiger partial charge on any atom is 0.416 e. The van der Waals surface area contributed by atoms with Crippen LogP contribution in [0.2, 0.25) is 0 Å². The second kappa shape index (κ2) is 9.59. The van der Waals surface area contributed by atoms with Gasteiger partial charge in [0.25, 0.3) is 0 Å². The molecule has 0 saturated heterocycles. The molecular formula is C21H25F3N2O2. The Hall–Kier alpha value is -2.54. The van der Waals surface area contributed by atoms with Crippen LogP contribution in [-0.2, 0) is 24.1 Å². The topological polar surface area (TPSA) is 64.3 Å². The number of hydrogen-bond donors (Lipinski definition) is 2. The third-order valence-corrected chi connectivity index (χ3v) is 4.21. The summed E-state index contributed by atoms with van der Waals surface area (Å²) in [5, 5.41) is 3.15. The van der Waals surface area contributed by atoms with Gasteiger partial charge in [0.05, 0.1) is 11.6 Å². The van der Waals surface area contributed by atoms with Crippen molar-refractivity contribution >= 4 is 5.91 Å². The van der Waals surface area contributed by atoms with Gasteiger partial charge in [-0.05, 0) is 47.7 Å². The largest absolute Gasteiger partial charge is 0.489 e. The molecule has 0 saturated carbocycles. The molecule has 0 aromatic heterocycles. The van der Waals surface area contributed by atoms with E-state index in [2.05, 4.69) is 5.32 Å². The summed E-state index contributed by atoms with van der Waals surface area (Å²) in [5.41, 5.74) is 6.36. The molecule has 0 unspecified atom stereocenters. The van der Waals surface area contributed by atoms with Gasteiger partial charge in [-0.2, -0.15) is 13.2 Å². The molecule has 0 bridgehead atoms. The normalized spacial score (nSPS) is 12.8. The van der Waals surface area contributed by atoms with Gasteiger partial charge < -0.3 is 15.8 Å². The summed E-state index contributed by atoms with van der Waals surface area (Å²) in [6.45, 7) is 4.73. The number of benzene rings is 2. The first-order chi connectivity index (χ1) is 13.1. The standard InChI is InChI=1S/C21H25F3N2O2/c1-14(2)11-19(20(25)27)26-12-15-5-9-18(10-6-15)28-13-16-3-7-17(8-4-16)21(22,23)24/h3-10,14,19,26H,11-13H2,1-2H3,(H2,25,27)/t19-/m0/s1. The van der Waals surface area contributed by atoms with E-state index in [-0.39, 0.29) is 18.6 Å². The first kappa shape index (κ1) is 21.8. The van der Waals surface area contributed by atoms with E-state index in [9.17, 15) is 18.0 Å². The van der Waals surface area contributed by atoms with Crippen molar-refractivity contribution in [3.05, 3.63) is 65.2 Å². The smallest absolute Gasteiger partial charge is 0.416 e. The van der Waals surface area contributed by atoms with Crippen LogP contribution in [0.25, 0.3) is 0 Å². The second-order valence-electron chi connectivity index (χ2n) is 7.09. The minimum absolute atomic E-state index is 0.174. The Kier molecular flexibility index (Phi) is 7.45. The Morgan fingerprint density at radius 3 is 2.11 bits per heavy atom. The van der Waals surface area contributed by atoms with E-state index in [1.165, 1.54) is 12.1 Å². The highest BCUT2D eigenvalue weighted by molar-refractivity contribution is 5.79. The summed E-state index contributed by atoms with van der Waals surface area (Å²) in [6, 6.07) is 11.8. The number of rotatable bonds is 9. The van der Waals surface area contributed by atoms with Crippen molar-refractivity contribution < 1.29 is 22.7 Å². The molecule has 1 amide bonds. The molecular weight excluding hydrogens is 369 g/mol. The fourth-order valence-electron chi connectivity index (χ4n) is 2.67. The van der Waals surface area contributed by atoms with Crippen molar-refractivity contribution in [2.75, 3.05) is 0 Å². The molecule has 0 aliphatic heterocycles. The van der Waals surface area contributed by atoms with Gasteiger partial charge in [0.2, 0.25) is 5.91 Å². The lowest BCUT2D eigenvalue weighted by atomic mass is 10.0. The molecule has 2 aromatic carbocycles. The zero-order chi connectivity index (χ0) is 20.7. The van der Waals surface area contributed by atoms with Crippen molar-refractivity contribution in [2.45, 2.75) is 45.6 Å². The molecule has 3 N–H and O–H groups in total. The summed E-state index contributed by atoms with van der Waals surface area (Å²) in [6.07, 6.45) is -3.67. The highest BCUT2D eigenvalue weighted by Crippen LogP contribution is 2.29. The quantitative estimate of drug-likeness (QED) is 0.667. The number of amides is 1. The highest BCUT2D eigenvalue weighted by atomic mass is 19.4. The van der Waals surface area contributed by atoms with Gasteiger partial charge in [-0.25, -0.2) is 0 Å². The fourth-order valence-corrected chi connectivity index (χ4v) is 2.67. The molecule has 0 fully saturated rings. The summed E-state index contributed by atoms with van der Waals surface area (Å²) in [4.78, 5) is 11.5. The number of halogens is 3. The van der Waals surface area contributed by atoms with Crippen molar-refractivity contribution in [2.24, 2.45) is 11.7 Å². The molecule has 0 heterocycles. The van der Waals surface area contributed by atoms with E-state index in [1.807, 2.05) is 26.0 Å². The van der Waals surface area contributed by atoms with Gasteiger partial charge in [-0.3, -0.25) is 4.79 Å². The maximum absolute atomic E-state index is 12.6. The van der Waals surface area contributed by atoms with Gasteiger partial charge in [0.15, 0.2) is 0 Å². The maximum atomic E-state index is 12.6. The minimum Gasteiger partial charge on any atom is -0.489 e. The van der Waals surface area contributed by atoms with E-state index in [1.54, 1.807) is 12.1 Å². The predicted molar refractivity (Wildman–Crippen MR) is 101 cm³/mol. The minimum atomic E-state index is -4.34. The van der Waals surface area contributed by atoms with Gasteiger partial charge in [-0.15, -0.1) is 0 Å². The van der Waals surface area contributed by atoms with Crippen LogP contribution in [-0.4, -0.2) is 11.9 Å². The lowest BCUT2D eigenvalue weighted by Crippen LogP contribution is -2.41. The molecule has 0 spiro atoms. The number of carbonyl (C=O) groups is 1. The van der Waals surface area contributed by atoms with Gasteiger partial charge in [0, 0.05) is 6.54 Å². The second-order valence-corrected chi connectivity index (χ2v) is 7.09. The molecule has 0 aliphatic carbocycles. The number of carbonyl (C=O) groups excluding carboxylic acids is 1. The molecule has 2 rings (SSSR count). The number of primary amides is 1. The zero-order valence-corrected chi connectivity index (χ0v) is 15.9. The third kappa shape index (κ3) is 6.88. The number of ether oxygens (including phenoxy) is 1. The van der Waals surface area contributed by atoms with Gasteiger partial charge in [-0.1, -0.05) is 38.1 Å². The lowest BCUT2D eigenvalue weighted by Gasteiger charge is -2.17. The molecule has 4 nitrogen and oxygen atoms in total. The van der Waals surface area contributed by atoms with Crippen LogP contribution >= 0.6 is 0 Å². The Morgan fingerprint density at radius 2 is 1.61 bits per heavy atom. The molecule has 0 aliphatic rings. The average Bonchev–Trinajstić information content (AvgIpc) is 2.63. The summed E-state index contributed by atoms with van der Waals surface area (Å²) in [7, 11) is 0. The lowest BCUT2D eigenvalue weighted by molar-refractivity contribution is -0.137. The Labute approximate surface area is 162 Å². The number of alkyl halides is 3. The van der Waals surface area contributed by atoms with Crippen LogP contribution in [0.15, 0.2) is 48.5 Å². The molecule has 28 heavy (non-hydrogen) atoms. The summed E-state index contributed by atoms with van der Waals surface area (Å²) < 4.78 is 43.3. The summed E-state index contributed by atoms with van der Waals surface area (Å²) >= 11 is 0. The van der Waals surface area contributed by atoms with E-state index >= 15 is 0 Å². The Bertz CT molecular complexity index is 757. The van der Waals surface area contributed by atoms with E-state index in [4.69, 9.17) is 10.5 Å². The monoisotopic (exact) mass is 394 g/mol. The van der Waals surface area contributed by atoms with Crippen molar-refractivity contribution in [3.63, 3.8) is 0 Å². The van der Waals surface area contributed by atoms with Gasteiger partial charge >= 0.3 is 6.18 Å². The molecule has 7 heteroatoms. The first-order valence-corrected chi connectivity index (χ1v) is 9.05. The Balaban J connectivity index is 1.86. The van der Waals surface area contributed by atoms with E-state index < -0.39 is 11.7 Å². The van der Waals surface area contributed by atoms with Crippen molar-refractivity contribution in [1.82, 2.24) is 5.32 Å². The molecule has 1 atom stereocenters. The zero-order valence-electron chi connectivity index (χ0n) is 15.9. The predicted octanol–water partition coefficient (Wildman–Crippen LogP) is 4.27. The number of nitrogens with one attached hydrogen (secondary N) is 1. The van der Waals surface area contributed by atoms with Crippen LogP contribution in [0.5, 0.6) is 5.75 Å². The average molecular weight is 394 g/mol. The van der Waals surface area contributed by atoms with Gasteiger partial charge in [0.1, 0.15) is 12.4 Å². The van der Waals surface area contributed by atoms with Crippen LogP contribution < -0.4 is 15.8 Å². The van der Waals surface area contributed by atoms with E-state index in [0.717, 1.165) is 17.7 Å². The Morgan fingerprint density at radius 1 is 1.04 bits per heavy atom. The number of hydrogen-bond acceptors (Lipinski definition) is 3.